The molecule has 0 aromatic heterocycles. The van der Waals surface area contributed by atoms with Crippen molar-refractivity contribution in [3.63, 3.8) is 0 Å². The van der Waals surface area contributed by atoms with Crippen LogP contribution in [-0.2, 0) is 0 Å². The van der Waals surface area contributed by atoms with Gasteiger partial charge < -0.3 is 10.4 Å². The zero-order valence-electron chi connectivity index (χ0n) is 7.45. The van der Waals surface area contributed by atoms with Gasteiger partial charge in [0.15, 0.2) is 5.88 Å². The van der Waals surface area contributed by atoms with Gasteiger partial charge in [0.05, 0.1) is 0 Å². The molecule has 0 amide bonds. The molecule has 0 aliphatic rings. The molecule has 0 fully saturated rings. The summed E-state index contributed by atoms with van der Waals surface area (Å²) >= 11 is 0. The summed E-state index contributed by atoms with van der Waals surface area (Å²) in [5.41, 5.74) is 0.858. The highest BCUT2D eigenvalue weighted by Gasteiger charge is 2.10. The molecule has 0 unspecified atom stereocenters. The summed E-state index contributed by atoms with van der Waals surface area (Å²) in [4.78, 5) is 0. The van der Waals surface area contributed by atoms with Crippen LogP contribution >= 0.6 is 0 Å². The third-order valence-corrected chi connectivity index (χ3v) is 0.967. The van der Waals surface area contributed by atoms with Gasteiger partial charge in [-0.3, -0.25) is 0 Å². The van der Waals surface area contributed by atoms with Crippen molar-refractivity contribution >= 4 is 0 Å². The van der Waals surface area contributed by atoms with E-state index in [9.17, 15) is 5.11 Å². The minimum Gasteiger partial charge on any atom is -0.495 e. The molecule has 0 aromatic rings. The Morgan fingerprint density at radius 3 is 1.70 bits per heavy atom. The maximum absolute atomic E-state index is 9.23. The first-order chi connectivity index (χ1) is 4.33. The third-order valence-electron chi connectivity index (χ3n) is 0.967. The molecule has 2 N–H and O–H groups in total. The van der Waals surface area contributed by atoms with Crippen LogP contribution < -0.4 is 5.32 Å². The Bertz CT molecular complexity index is 138. The fourth-order valence-electron chi connectivity index (χ4n) is 0.480. The smallest absolute Gasteiger partial charge is 0.183 e. The molecule has 0 radical (unpaired) electrons. The van der Waals surface area contributed by atoms with Crippen LogP contribution in [0, 0.1) is 0 Å². The van der Waals surface area contributed by atoms with Gasteiger partial charge in [0.25, 0.3) is 0 Å². The molecule has 0 aliphatic carbocycles. The molecular formula is C8H17NO. The Hall–Kier alpha value is -0.660. The largest absolute Gasteiger partial charge is 0.495 e. The van der Waals surface area contributed by atoms with E-state index in [1.807, 2.05) is 34.6 Å². The summed E-state index contributed by atoms with van der Waals surface area (Å²) in [5.74, 6) is 0.285. The Labute approximate surface area is 62.9 Å². The summed E-state index contributed by atoms with van der Waals surface area (Å²) in [5, 5.41) is 12.2. The second-order valence-corrected chi connectivity index (χ2v) is 3.72. The van der Waals surface area contributed by atoms with E-state index >= 15 is 0 Å². The van der Waals surface area contributed by atoms with Crippen LogP contribution in [0.15, 0.2) is 11.5 Å². The molecule has 60 valence electrons. The van der Waals surface area contributed by atoms with Gasteiger partial charge in [0.1, 0.15) is 0 Å². The maximum atomic E-state index is 9.23. The number of rotatable bonds is 1. The SMILES string of the molecule is CC(C)=C(O)NC(C)(C)C. The molecule has 0 saturated heterocycles. The van der Waals surface area contributed by atoms with E-state index in [0.717, 1.165) is 5.57 Å². The lowest BCUT2D eigenvalue weighted by molar-refractivity contribution is 0.304. The molecule has 0 atom stereocenters. The normalized spacial score (nSPS) is 10.9. The van der Waals surface area contributed by atoms with E-state index in [4.69, 9.17) is 0 Å². The second kappa shape index (κ2) is 2.95. The number of aliphatic hydroxyl groups is 1. The van der Waals surface area contributed by atoms with Gasteiger partial charge in [-0.05, 0) is 40.2 Å². The number of hydrogen-bond acceptors (Lipinski definition) is 2. The zero-order valence-corrected chi connectivity index (χ0v) is 7.45. The highest BCUT2D eigenvalue weighted by atomic mass is 16.3. The highest BCUT2D eigenvalue weighted by Crippen LogP contribution is 2.04. The summed E-state index contributed by atoms with van der Waals surface area (Å²) < 4.78 is 0. The second-order valence-electron chi connectivity index (χ2n) is 3.72. The van der Waals surface area contributed by atoms with Gasteiger partial charge in [-0.15, -0.1) is 0 Å². The van der Waals surface area contributed by atoms with Crippen LogP contribution in [-0.4, -0.2) is 10.6 Å². The molecule has 10 heavy (non-hydrogen) atoms. The van der Waals surface area contributed by atoms with Crippen molar-refractivity contribution in [1.29, 1.82) is 0 Å². The van der Waals surface area contributed by atoms with Crippen LogP contribution in [0.2, 0.25) is 0 Å². The van der Waals surface area contributed by atoms with Crippen LogP contribution in [0.1, 0.15) is 34.6 Å². The van der Waals surface area contributed by atoms with Crippen LogP contribution in [0.5, 0.6) is 0 Å². The lowest BCUT2D eigenvalue weighted by Gasteiger charge is -2.21. The summed E-state index contributed by atoms with van der Waals surface area (Å²) in [7, 11) is 0. The Kier molecular flexibility index (Phi) is 2.76. The topological polar surface area (TPSA) is 32.3 Å². The molecule has 0 rings (SSSR count). The lowest BCUT2D eigenvalue weighted by Crippen LogP contribution is -2.35. The minimum atomic E-state index is -0.0542. The Morgan fingerprint density at radius 1 is 1.20 bits per heavy atom. The molecule has 2 heteroatoms. The predicted octanol–water partition coefficient (Wildman–Crippen LogP) is 2.18. The lowest BCUT2D eigenvalue weighted by atomic mass is 10.1. The fourth-order valence-corrected chi connectivity index (χ4v) is 0.480. The van der Waals surface area contributed by atoms with Gasteiger partial charge in [0.2, 0.25) is 0 Å². The van der Waals surface area contributed by atoms with Crippen molar-refractivity contribution in [2.24, 2.45) is 0 Å². The first-order valence-corrected chi connectivity index (χ1v) is 3.47. The average molecular weight is 143 g/mol. The number of nitrogens with one attached hydrogen (secondary N) is 1. The summed E-state index contributed by atoms with van der Waals surface area (Å²) in [6, 6.07) is 0. The van der Waals surface area contributed by atoms with Gasteiger partial charge in [-0.25, -0.2) is 0 Å². The quantitative estimate of drug-likeness (QED) is 0.551. The minimum absolute atomic E-state index is 0.0542. The van der Waals surface area contributed by atoms with Crippen molar-refractivity contribution in [3.8, 4) is 0 Å². The monoisotopic (exact) mass is 143 g/mol. The van der Waals surface area contributed by atoms with E-state index in [1.54, 1.807) is 0 Å². The number of aliphatic hydroxyl groups excluding tert-OH is 1. The molecule has 0 bridgehead atoms. The number of hydrogen-bond donors (Lipinski definition) is 2. The zero-order chi connectivity index (χ0) is 8.36. The molecule has 0 spiro atoms. The van der Waals surface area contributed by atoms with Crippen LogP contribution in [0.3, 0.4) is 0 Å². The predicted molar refractivity (Wildman–Crippen MR) is 43.9 cm³/mol. The Morgan fingerprint density at radius 2 is 1.60 bits per heavy atom. The van der Waals surface area contributed by atoms with Crippen molar-refractivity contribution in [1.82, 2.24) is 5.32 Å². The summed E-state index contributed by atoms with van der Waals surface area (Å²) in [6.07, 6.45) is 0. The van der Waals surface area contributed by atoms with Gasteiger partial charge in [-0.1, -0.05) is 0 Å². The van der Waals surface area contributed by atoms with E-state index in [1.165, 1.54) is 0 Å². The first kappa shape index (κ1) is 9.34. The number of allylic oxidation sites excluding steroid dienone is 1. The fraction of sp³-hybridized carbons (Fsp3) is 0.750. The van der Waals surface area contributed by atoms with Crippen molar-refractivity contribution in [3.05, 3.63) is 11.5 Å². The van der Waals surface area contributed by atoms with E-state index in [-0.39, 0.29) is 11.4 Å². The van der Waals surface area contributed by atoms with E-state index < -0.39 is 0 Å². The molecule has 0 saturated carbocycles. The average Bonchev–Trinajstić information content (AvgIpc) is 1.60. The van der Waals surface area contributed by atoms with Crippen LogP contribution in [0.25, 0.3) is 0 Å². The molecule has 2 nitrogen and oxygen atoms in total. The molecule has 0 aliphatic heterocycles. The third kappa shape index (κ3) is 4.24. The maximum Gasteiger partial charge on any atom is 0.183 e. The van der Waals surface area contributed by atoms with Gasteiger partial charge in [-0.2, -0.15) is 0 Å². The van der Waals surface area contributed by atoms with Gasteiger partial charge >= 0.3 is 0 Å². The molecule has 0 heterocycles. The summed E-state index contributed by atoms with van der Waals surface area (Å²) in [6.45, 7) is 9.76. The van der Waals surface area contributed by atoms with Crippen LogP contribution in [0.4, 0.5) is 0 Å². The highest BCUT2D eigenvalue weighted by molar-refractivity contribution is 5.01. The van der Waals surface area contributed by atoms with Gasteiger partial charge in [0, 0.05) is 5.54 Å². The molecular weight excluding hydrogens is 126 g/mol. The van der Waals surface area contributed by atoms with E-state index in [0.29, 0.717) is 0 Å². The molecule has 0 aromatic carbocycles. The van der Waals surface area contributed by atoms with Crippen molar-refractivity contribution < 1.29 is 5.11 Å². The standard InChI is InChI=1S/C8H17NO/c1-6(2)7(10)9-8(3,4)5/h9-10H,1-5H3. The van der Waals surface area contributed by atoms with Crippen molar-refractivity contribution in [2.75, 3.05) is 0 Å². The van der Waals surface area contributed by atoms with Crippen molar-refractivity contribution in [2.45, 2.75) is 40.2 Å². The Balaban J connectivity index is 4.06. The van der Waals surface area contributed by atoms with E-state index in [2.05, 4.69) is 5.32 Å². The first-order valence-electron chi connectivity index (χ1n) is 3.47.